The summed E-state index contributed by atoms with van der Waals surface area (Å²) in [6.07, 6.45) is 4.42. The molecule has 1 unspecified atom stereocenters. The molecule has 1 aliphatic heterocycles. The smallest absolute Gasteiger partial charge is 0.311 e. The Kier molecular flexibility index (Phi) is 3.05. The third-order valence-corrected chi connectivity index (χ3v) is 4.46. The van der Waals surface area contributed by atoms with E-state index in [0.29, 0.717) is 29.7 Å². The summed E-state index contributed by atoms with van der Waals surface area (Å²) in [6, 6.07) is 2.05. The van der Waals surface area contributed by atoms with Crippen LogP contribution in [0.2, 0.25) is 5.02 Å². The molecule has 1 amide bonds. The van der Waals surface area contributed by atoms with Crippen LogP contribution in [0.25, 0.3) is 0 Å². The number of hydrogen-bond acceptors (Lipinski definition) is 2. The lowest BCUT2D eigenvalue weighted by atomic mass is 9.90. The molecular formula is C14H17ClN2O3. The van der Waals surface area contributed by atoms with E-state index in [2.05, 4.69) is 0 Å². The summed E-state index contributed by atoms with van der Waals surface area (Å²) in [5, 5.41) is 9.79. The van der Waals surface area contributed by atoms with E-state index in [4.69, 9.17) is 11.6 Å². The van der Waals surface area contributed by atoms with Crippen molar-refractivity contribution in [2.45, 2.75) is 32.2 Å². The zero-order valence-electron chi connectivity index (χ0n) is 11.3. The van der Waals surface area contributed by atoms with Crippen molar-refractivity contribution >= 4 is 23.5 Å². The van der Waals surface area contributed by atoms with Crippen molar-refractivity contribution in [3.63, 3.8) is 0 Å². The van der Waals surface area contributed by atoms with Gasteiger partial charge in [-0.1, -0.05) is 11.6 Å². The molecule has 1 aromatic rings. The van der Waals surface area contributed by atoms with Crippen molar-refractivity contribution in [1.29, 1.82) is 0 Å². The number of carboxylic acid groups (broad SMARTS) is 1. The molecular weight excluding hydrogens is 280 g/mol. The second-order valence-electron chi connectivity index (χ2n) is 6.02. The molecule has 0 radical (unpaired) electrons. The van der Waals surface area contributed by atoms with Gasteiger partial charge in [-0.2, -0.15) is 0 Å². The highest BCUT2D eigenvalue weighted by molar-refractivity contribution is 6.31. The molecule has 0 spiro atoms. The summed E-state index contributed by atoms with van der Waals surface area (Å²) >= 11 is 6.01. The number of nitrogens with zero attached hydrogens (tertiary/aromatic N) is 2. The fraction of sp³-hybridized carbons (Fsp3) is 0.571. The number of aromatic nitrogens is 1. The van der Waals surface area contributed by atoms with Gasteiger partial charge >= 0.3 is 5.97 Å². The van der Waals surface area contributed by atoms with E-state index in [0.717, 1.165) is 12.8 Å². The third kappa shape index (κ3) is 2.20. The number of carbonyl (C=O) groups is 2. The van der Waals surface area contributed by atoms with Crippen LogP contribution in [-0.2, 0) is 4.79 Å². The van der Waals surface area contributed by atoms with Crippen molar-refractivity contribution in [2.75, 3.05) is 13.1 Å². The van der Waals surface area contributed by atoms with E-state index in [1.165, 1.54) is 0 Å². The number of carboxylic acids is 1. The number of halogens is 1. The van der Waals surface area contributed by atoms with Gasteiger partial charge in [0.2, 0.25) is 0 Å². The Bertz CT molecular complexity index is 579. The zero-order chi connectivity index (χ0) is 14.5. The normalized spacial score (nSPS) is 26.0. The summed E-state index contributed by atoms with van der Waals surface area (Å²) in [7, 11) is 0. The number of rotatable bonds is 3. The van der Waals surface area contributed by atoms with Crippen molar-refractivity contribution in [1.82, 2.24) is 9.47 Å². The molecule has 3 rings (SSSR count). The lowest BCUT2D eigenvalue weighted by molar-refractivity contribution is -0.147. The van der Waals surface area contributed by atoms with Crippen molar-refractivity contribution < 1.29 is 14.7 Å². The quantitative estimate of drug-likeness (QED) is 0.931. The first-order chi connectivity index (χ1) is 9.40. The van der Waals surface area contributed by atoms with E-state index < -0.39 is 11.4 Å². The summed E-state index contributed by atoms with van der Waals surface area (Å²) in [5.41, 5.74) is -0.261. The highest BCUT2D eigenvalue weighted by Gasteiger charge is 2.43. The standard InChI is InChI=1S/C14H17ClN2O3/c1-14(13(19)20)4-5-16(8-14)12(18)11-6-9(15)7-17(11)10-2-3-10/h6-7,10H,2-5,8H2,1H3,(H,19,20). The summed E-state index contributed by atoms with van der Waals surface area (Å²) in [4.78, 5) is 25.5. The molecule has 1 aromatic heterocycles. The molecule has 1 aliphatic carbocycles. The molecule has 1 saturated carbocycles. The molecule has 108 valence electrons. The monoisotopic (exact) mass is 296 g/mol. The number of likely N-dealkylation sites (tertiary alicyclic amines) is 1. The van der Waals surface area contributed by atoms with Crippen LogP contribution < -0.4 is 0 Å². The Morgan fingerprint density at radius 2 is 2.15 bits per heavy atom. The first kappa shape index (κ1) is 13.5. The van der Waals surface area contributed by atoms with Gasteiger partial charge in [0.1, 0.15) is 5.69 Å². The van der Waals surface area contributed by atoms with Gasteiger partial charge in [0.25, 0.3) is 5.91 Å². The van der Waals surface area contributed by atoms with Gasteiger partial charge < -0.3 is 14.6 Å². The molecule has 20 heavy (non-hydrogen) atoms. The van der Waals surface area contributed by atoms with Crippen LogP contribution in [0.5, 0.6) is 0 Å². The van der Waals surface area contributed by atoms with Crippen LogP contribution >= 0.6 is 11.6 Å². The first-order valence-electron chi connectivity index (χ1n) is 6.81. The van der Waals surface area contributed by atoms with E-state index in [1.807, 2.05) is 4.57 Å². The van der Waals surface area contributed by atoms with Gasteiger partial charge in [-0.15, -0.1) is 0 Å². The number of hydrogen-bond donors (Lipinski definition) is 1. The van der Waals surface area contributed by atoms with Crippen LogP contribution in [0.4, 0.5) is 0 Å². The minimum absolute atomic E-state index is 0.117. The third-order valence-electron chi connectivity index (χ3n) is 4.25. The Labute approximate surface area is 122 Å². The largest absolute Gasteiger partial charge is 0.481 e. The topological polar surface area (TPSA) is 62.5 Å². The van der Waals surface area contributed by atoms with Crippen LogP contribution in [0.3, 0.4) is 0 Å². The van der Waals surface area contributed by atoms with Crippen LogP contribution in [0, 0.1) is 5.41 Å². The predicted octanol–water partition coefficient (Wildman–Crippen LogP) is 2.41. The van der Waals surface area contributed by atoms with Gasteiger partial charge in [0.05, 0.1) is 10.4 Å². The molecule has 2 aliphatic rings. The van der Waals surface area contributed by atoms with E-state index >= 15 is 0 Å². The van der Waals surface area contributed by atoms with Gasteiger partial charge in [0.15, 0.2) is 0 Å². The number of amides is 1. The second kappa shape index (κ2) is 4.52. The summed E-state index contributed by atoms with van der Waals surface area (Å²) < 4.78 is 1.93. The fourth-order valence-electron chi connectivity index (χ4n) is 2.74. The SMILES string of the molecule is CC1(C(=O)O)CCN(C(=O)c2cc(Cl)cn2C2CC2)C1. The lowest BCUT2D eigenvalue weighted by Gasteiger charge is -2.20. The number of carbonyl (C=O) groups excluding carboxylic acids is 1. The van der Waals surface area contributed by atoms with E-state index in [9.17, 15) is 14.7 Å². The second-order valence-corrected chi connectivity index (χ2v) is 6.46. The fourth-order valence-corrected chi connectivity index (χ4v) is 2.95. The maximum atomic E-state index is 12.6. The molecule has 1 saturated heterocycles. The van der Waals surface area contributed by atoms with Gasteiger partial charge in [-0.3, -0.25) is 9.59 Å². The molecule has 0 aromatic carbocycles. The first-order valence-corrected chi connectivity index (χ1v) is 7.18. The van der Waals surface area contributed by atoms with E-state index in [-0.39, 0.29) is 12.5 Å². The van der Waals surface area contributed by atoms with Crippen molar-refractivity contribution in [3.05, 3.63) is 23.0 Å². The highest BCUT2D eigenvalue weighted by Crippen LogP contribution is 2.38. The molecule has 2 fully saturated rings. The average molecular weight is 297 g/mol. The molecule has 1 N–H and O–H groups in total. The minimum atomic E-state index is -0.844. The Morgan fingerprint density at radius 1 is 1.45 bits per heavy atom. The maximum Gasteiger partial charge on any atom is 0.311 e. The highest BCUT2D eigenvalue weighted by atomic mass is 35.5. The Balaban J connectivity index is 1.82. The van der Waals surface area contributed by atoms with Crippen LogP contribution in [-0.4, -0.2) is 39.5 Å². The van der Waals surface area contributed by atoms with Crippen molar-refractivity contribution in [2.24, 2.45) is 5.41 Å². The molecule has 0 bridgehead atoms. The average Bonchev–Trinajstić information content (AvgIpc) is 3.05. The van der Waals surface area contributed by atoms with Gasteiger partial charge in [-0.05, 0) is 32.3 Å². The summed E-state index contributed by atoms with van der Waals surface area (Å²) in [5.74, 6) is -0.961. The lowest BCUT2D eigenvalue weighted by Crippen LogP contribution is -2.35. The Morgan fingerprint density at radius 3 is 2.70 bits per heavy atom. The predicted molar refractivity (Wildman–Crippen MR) is 74.0 cm³/mol. The molecule has 1 atom stereocenters. The molecule has 2 heterocycles. The van der Waals surface area contributed by atoms with Crippen LogP contribution in [0.1, 0.15) is 42.7 Å². The molecule has 5 nitrogen and oxygen atoms in total. The van der Waals surface area contributed by atoms with E-state index in [1.54, 1.807) is 24.1 Å². The maximum absolute atomic E-state index is 12.6. The van der Waals surface area contributed by atoms with Gasteiger partial charge in [0, 0.05) is 25.3 Å². The van der Waals surface area contributed by atoms with Crippen LogP contribution in [0.15, 0.2) is 12.3 Å². The minimum Gasteiger partial charge on any atom is -0.481 e. The Hall–Kier alpha value is -1.49. The number of aliphatic carboxylic acids is 1. The zero-order valence-corrected chi connectivity index (χ0v) is 12.1. The summed E-state index contributed by atoms with van der Waals surface area (Å²) in [6.45, 7) is 2.43. The van der Waals surface area contributed by atoms with Crippen molar-refractivity contribution in [3.8, 4) is 0 Å². The van der Waals surface area contributed by atoms with Gasteiger partial charge in [-0.25, -0.2) is 0 Å². The molecule has 6 heteroatoms.